The first kappa shape index (κ1) is 62.6. The Labute approximate surface area is 440 Å². The number of hydrogen-bond donors (Lipinski definition) is 0. The van der Waals surface area contributed by atoms with Gasteiger partial charge >= 0.3 is 49.4 Å². The van der Waals surface area contributed by atoms with Crippen molar-refractivity contribution in [2.24, 2.45) is 5.92 Å². The Hall–Kier alpha value is -7.55. The molecule has 0 saturated heterocycles. The van der Waals surface area contributed by atoms with Crippen LogP contribution in [0.2, 0.25) is 0 Å². The van der Waals surface area contributed by atoms with Crippen LogP contribution in [-0.4, -0.2) is 17.7 Å². The van der Waals surface area contributed by atoms with Crippen molar-refractivity contribution < 1.29 is 120 Å². The predicted molar refractivity (Wildman–Crippen MR) is 244 cm³/mol. The molecule has 0 radical (unpaired) electrons. The van der Waals surface area contributed by atoms with E-state index in [1.165, 1.54) is 0 Å². The summed E-state index contributed by atoms with van der Waals surface area (Å²) >= 11 is 0. The number of rotatable bonds is 9. The van der Waals surface area contributed by atoms with Gasteiger partial charge in [0.1, 0.15) is 6.15 Å². The van der Waals surface area contributed by atoms with E-state index in [1.54, 1.807) is 16.7 Å². The highest BCUT2D eigenvalue weighted by atomic mass is 19.4. The largest absolute Gasteiger partial charge is 0.416 e. The topological polar surface area (TPSA) is 38.0 Å². The zero-order valence-corrected chi connectivity index (χ0v) is 40.5. The van der Waals surface area contributed by atoms with Crippen molar-refractivity contribution in [1.29, 1.82) is 0 Å². The third kappa shape index (κ3) is 14.0. The normalized spacial score (nSPS) is 13.3. The smallest absolute Gasteiger partial charge is 0.287 e. The van der Waals surface area contributed by atoms with Crippen molar-refractivity contribution in [2.75, 3.05) is 0 Å². The molecule has 0 N–H and O–H groups in total. The molecule has 0 aliphatic heterocycles. The van der Waals surface area contributed by atoms with E-state index in [2.05, 4.69) is 0 Å². The second kappa shape index (κ2) is 21.7. The Morgan fingerprint density at radius 3 is 0.926 bits per heavy atom. The summed E-state index contributed by atoms with van der Waals surface area (Å²) in [5.74, 6) is -0.0877. The van der Waals surface area contributed by atoms with Crippen LogP contribution in [0, 0.1) is 5.92 Å². The van der Waals surface area contributed by atoms with Crippen molar-refractivity contribution in [3.63, 3.8) is 0 Å². The molecule has 1 aromatic heterocycles. The lowest BCUT2D eigenvalue weighted by molar-refractivity contribution is -0.683. The maximum Gasteiger partial charge on any atom is 0.416 e. The van der Waals surface area contributed by atoms with E-state index in [-0.39, 0.29) is 24.0 Å². The van der Waals surface area contributed by atoms with E-state index >= 15 is 0 Å². The number of nitrogens with zero attached hydrogens (tertiary/aromatic N) is 1. The van der Waals surface area contributed by atoms with Gasteiger partial charge in [-0.1, -0.05) is 111 Å². The fraction of sp³-hybridized carbons (Fsp3) is 0.226. The zero-order chi connectivity index (χ0) is 61.0. The van der Waals surface area contributed by atoms with Crippen LogP contribution in [0.3, 0.4) is 0 Å². The molecule has 0 fully saturated rings. The Balaban J connectivity index is 0.000000363. The van der Waals surface area contributed by atoms with Gasteiger partial charge in [0.25, 0.3) is 5.69 Å². The number of benzene rings is 6. The quantitative estimate of drug-likeness (QED) is 0.0625. The SMILES string of the molecule is CC(C)C(=O)c1c2ccccc2cc[n+]1CC(=O)c1ccccc1.FC(F)(F)c1cc([B-](c2cc(C(F)(F)F)cc(C(F)(F)F)c2)(c2cc(C(F)(F)F)cc(C(F)(F)F)c2)c2cc(C(F)(F)F)cc(C(F)(F)F)c2)cc(C(F)(F)F)c1. The van der Waals surface area contributed by atoms with E-state index in [1.807, 2.05) is 68.6 Å². The summed E-state index contributed by atoms with van der Waals surface area (Å²) in [6.45, 7) is 3.92. The van der Waals surface area contributed by atoms with Gasteiger partial charge in [-0.05, 0) is 35.7 Å². The molecule has 0 aliphatic rings. The Morgan fingerprint density at radius 2 is 0.654 bits per heavy atom. The molecule has 0 bridgehead atoms. The molecule has 6 aromatic carbocycles. The van der Waals surface area contributed by atoms with Crippen molar-refractivity contribution in [2.45, 2.75) is 69.8 Å². The number of carbonyl (C=O) groups is 2. The van der Waals surface area contributed by atoms with Gasteiger partial charge in [0, 0.05) is 17.5 Å². The maximum absolute atomic E-state index is 14.2. The molecule has 7 aromatic rings. The van der Waals surface area contributed by atoms with Crippen molar-refractivity contribution in [1.82, 2.24) is 0 Å². The summed E-state index contributed by atoms with van der Waals surface area (Å²) in [6.07, 6.45) is -53.0. The molecule has 3 nitrogen and oxygen atoms in total. The lowest BCUT2D eigenvalue weighted by Crippen LogP contribution is -2.75. The van der Waals surface area contributed by atoms with Gasteiger partial charge in [-0.25, -0.2) is 0 Å². The average Bonchev–Trinajstić information content (AvgIpc) is 3.56. The van der Waals surface area contributed by atoms with Gasteiger partial charge in [0.2, 0.25) is 18.1 Å². The first-order valence-electron chi connectivity index (χ1n) is 22.7. The van der Waals surface area contributed by atoms with Crippen molar-refractivity contribution in [3.05, 3.63) is 195 Å². The van der Waals surface area contributed by atoms with Crippen LogP contribution in [0.5, 0.6) is 0 Å². The first-order chi connectivity index (χ1) is 36.8. The van der Waals surface area contributed by atoms with Crippen LogP contribution in [0.4, 0.5) is 105 Å². The fourth-order valence-corrected chi connectivity index (χ4v) is 8.88. The van der Waals surface area contributed by atoms with Gasteiger partial charge in [-0.2, -0.15) is 132 Å². The van der Waals surface area contributed by atoms with Crippen LogP contribution in [0.15, 0.2) is 140 Å². The molecule has 1 heterocycles. The minimum Gasteiger partial charge on any atom is -0.287 e. The molecule has 0 spiro atoms. The highest BCUT2D eigenvalue weighted by Gasteiger charge is 2.47. The van der Waals surface area contributed by atoms with Gasteiger partial charge in [0.15, 0.2) is 6.20 Å². The first-order valence-corrected chi connectivity index (χ1v) is 22.7. The Bertz CT molecular complexity index is 3040. The minimum absolute atomic E-state index is 0.00585. The monoisotopic (exact) mass is 1180 g/mol. The second-order valence-corrected chi connectivity index (χ2v) is 18.4. The number of Topliss-reactive ketones (excluding diaryl/α,β-unsaturated/α-hetero) is 2. The Morgan fingerprint density at radius 1 is 0.383 bits per heavy atom. The molecule has 0 atom stereocenters. The van der Waals surface area contributed by atoms with Crippen LogP contribution in [0.25, 0.3) is 10.8 Å². The Kier molecular flexibility index (Phi) is 16.8. The van der Waals surface area contributed by atoms with Gasteiger partial charge in [-0.3, -0.25) is 9.59 Å². The molecule has 0 aliphatic carbocycles. The van der Waals surface area contributed by atoms with Crippen LogP contribution in [-0.2, 0) is 56.0 Å². The summed E-state index contributed by atoms with van der Waals surface area (Å²) in [4.78, 5) is 25.3. The summed E-state index contributed by atoms with van der Waals surface area (Å²) in [5.41, 5.74) is -28.9. The fourth-order valence-electron chi connectivity index (χ4n) is 8.88. The molecule has 28 heteroatoms. The summed E-state index contributed by atoms with van der Waals surface area (Å²) in [5, 5.41) is 1.89. The molecule has 7 rings (SSSR count). The van der Waals surface area contributed by atoms with Gasteiger partial charge < -0.3 is 0 Å². The number of alkyl halides is 24. The van der Waals surface area contributed by atoms with Crippen molar-refractivity contribution >= 4 is 50.3 Å². The molecule has 81 heavy (non-hydrogen) atoms. The summed E-state index contributed by atoms with van der Waals surface area (Å²) in [6, 6.07) is 10.1. The summed E-state index contributed by atoms with van der Waals surface area (Å²) in [7, 11) is 0. The second-order valence-electron chi connectivity index (χ2n) is 18.4. The van der Waals surface area contributed by atoms with Gasteiger partial charge in [-0.15, -0.1) is 0 Å². The van der Waals surface area contributed by atoms with E-state index in [4.69, 9.17) is 0 Å². The molecule has 0 unspecified atom stereocenters. The maximum atomic E-state index is 14.2. The van der Waals surface area contributed by atoms with Crippen LogP contribution in [0.1, 0.15) is 79.2 Å². The molecular weight excluding hydrogens is 1150 g/mol. The number of fused-ring (bicyclic) bond motifs is 1. The third-order valence-corrected chi connectivity index (χ3v) is 12.5. The van der Waals surface area contributed by atoms with E-state index in [0.717, 1.165) is 10.8 Å². The van der Waals surface area contributed by atoms with Gasteiger partial charge in [0.05, 0.1) is 49.9 Å². The molecule has 432 valence electrons. The standard InChI is InChI=1S/C32H12BF24.C21H20NO2/c34-25(35,36)13-1-14(26(37,38)39)6-21(5-13)33(22-7-15(27(40,41)42)2-16(8-22)28(43,44)45,23-9-17(29(46,47)48)3-18(10-23)30(49,50)51)24-11-19(31(52,53)54)4-20(12-24)32(55,56)57;1-15(2)21(24)20-18-11-7-6-8-16(18)12-13-22(20)14-19(23)17-9-4-3-5-10-17/h1-12H;3-13,15H,14H2,1-2H3/q-1;+1. The molecule has 0 amide bonds. The summed E-state index contributed by atoms with van der Waals surface area (Å²) < 4.78 is 343. The lowest BCUT2D eigenvalue weighted by atomic mass is 9.12. The number of halogens is 24. The lowest BCUT2D eigenvalue weighted by Gasteiger charge is -2.46. The zero-order valence-electron chi connectivity index (χ0n) is 40.5. The number of pyridine rings is 1. The van der Waals surface area contributed by atoms with Crippen molar-refractivity contribution in [3.8, 4) is 0 Å². The number of aromatic nitrogens is 1. The van der Waals surface area contributed by atoms with E-state index < -0.39 is 195 Å². The highest BCUT2D eigenvalue weighted by molar-refractivity contribution is 7.20. The van der Waals surface area contributed by atoms with E-state index in [9.17, 15) is 115 Å². The van der Waals surface area contributed by atoms with Crippen LogP contribution >= 0.6 is 0 Å². The number of hydrogen-bond acceptors (Lipinski definition) is 2. The minimum atomic E-state index is -6.13. The molecule has 0 saturated carbocycles. The number of carbonyl (C=O) groups excluding carboxylic acids is 2. The third-order valence-electron chi connectivity index (χ3n) is 12.5. The highest BCUT2D eigenvalue weighted by Crippen LogP contribution is 2.41. The predicted octanol–water partition coefficient (Wildman–Crippen LogP) is 15.1. The number of ketones is 2. The van der Waals surface area contributed by atoms with Crippen LogP contribution < -0.4 is 26.4 Å². The molecular formula is C53H32BF24NO2. The van der Waals surface area contributed by atoms with E-state index in [0.29, 0.717) is 11.3 Å². The average molecular weight is 1180 g/mol.